The molecule has 0 saturated carbocycles. The van der Waals surface area contributed by atoms with E-state index < -0.39 is 5.91 Å². The predicted octanol–water partition coefficient (Wildman–Crippen LogP) is 3.20. The van der Waals surface area contributed by atoms with E-state index in [1.54, 1.807) is 6.07 Å². The van der Waals surface area contributed by atoms with Crippen molar-refractivity contribution in [3.8, 4) is 11.4 Å². The summed E-state index contributed by atoms with van der Waals surface area (Å²) in [5.41, 5.74) is 1.80. The summed E-state index contributed by atoms with van der Waals surface area (Å²) < 4.78 is 1.47. The molecule has 0 fully saturated rings. The third kappa shape index (κ3) is 3.75. The van der Waals surface area contributed by atoms with Crippen LogP contribution in [0.1, 0.15) is 16.1 Å². The van der Waals surface area contributed by atoms with Gasteiger partial charge >= 0.3 is 0 Å². The lowest BCUT2D eigenvalue weighted by Crippen LogP contribution is -2.26. The van der Waals surface area contributed by atoms with Gasteiger partial charge < -0.3 is 10.4 Å². The summed E-state index contributed by atoms with van der Waals surface area (Å²) in [6.45, 7) is 0.427. The zero-order valence-corrected chi connectivity index (χ0v) is 13.6. The fourth-order valence-corrected chi connectivity index (χ4v) is 2.55. The van der Waals surface area contributed by atoms with Crippen LogP contribution in [0.2, 0.25) is 5.02 Å². The number of aromatic hydroxyl groups is 1. The molecule has 2 N–H and O–H groups in total. The highest BCUT2D eigenvalue weighted by molar-refractivity contribution is 6.30. The Bertz CT molecular complexity index is 846. The summed E-state index contributed by atoms with van der Waals surface area (Å²) in [7, 11) is 0. The lowest BCUT2D eigenvalue weighted by molar-refractivity contribution is 0.0946. The van der Waals surface area contributed by atoms with E-state index >= 15 is 0 Å². The Balaban J connectivity index is 1.64. The zero-order chi connectivity index (χ0) is 16.9. The Hall–Kier alpha value is -2.79. The highest BCUT2D eigenvalue weighted by Crippen LogP contribution is 2.18. The molecule has 3 aromatic rings. The molecule has 0 bridgehead atoms. The van der Waals surface area contributed by atoms with Gasteiger partial charge in [-0.15, -0.1) is 0 Å². The van der Waals surface area contributed by atoms with Gasteiger partial charge in [-0.3, -0.25) is 4.79 Å². The highest BCUT2D eigenvalue weighted by Gasteiger charge is 2.16. The molecular weight excluding hydrogens is 326 g/mol. The molecule has 1 heterocycles. The molecule has 0 spiro atoms. The molecule has 2 aromatic carbocycles. The average Bonchev–Trinajstić information content (AvgIpc) is 2.98. The first-order valence-electron chi connectivity index (χ1n) is 7.50. The van der Waals surface area contributed by atoms with E-state index in [4.69, 9.17) is 11.6 Å². The van der Waals surface area contributed by atoms with Crippen molar-refractivity contribution in [2.75, 3.05) is 6.54 Å². The lowest BCUT2D eigenvalue weighted by Gasteiger charge is -2.04. The molecule has 1 amide bonds. The van der Waals surface area contributed by atoms with Crippen LogP contribution in [0.3, 0.4) is 0 Å². The normalized spacial score (nSPS) is 10.5. The van der Waals surface area contributed by atoms with E-state index in [9.17, 15) is 9.90 Å². The molecule has 6 heteroatoms. The maximum absolute atomic E-state index is 12.2. The van der Waals surface area contributed by atoms with Gasteiger partial charge in [-0.1, -0.05) is 41.9 Å². The summed E-state index contributed by atoms with van der Waals surface area (Å²) in [6, 6.07) is 16.8. The molecule has 5 nitrogen and oxygen atoms in total. The van der Waals surface area contributed by atoms with Crippen molar-refractivity contribution in [2.45, 2.75) is 6.42 Å². The van der Waals surface area contributed by atoms with Crippen LogP contribution in [0.15, 0.2) is 60.8 Å². The zero-order valence-electron chi connectivity index (χ0n) is 12.8. The van der Waals surface area contributed by atoms with Crippen molar-refractivity contribution in [3.63, 3.8) is 0 Å². The number of halogens is 1. The molecule has 0 aliphatic carbocycles. The number of aromatic nitrogens is 2. The van der Waals surface area contributed by atoms with Crippen LogP contribution in [-0.4, -0.2) is 27.3 Å². The molecular formula is C18H16ClN3O2. The molecule has 24 heavy (non-hydrogen) atoms. The molecule has 0 atom stereocenters. The van der Waals surface area contributed by atoms with Gasteiger partial charge in [0.1, 0.15) is 0 Å². The van der Waals surface area contributed by atoms with Gasteiger partial charge in [0, 0.05) is 11.6 Å². The SMILES string of the molecule is O=C(NCCc1cccc(Cl)c1)c1nn(-c2ccccc2)cc1O. The molecule has 0 aliphatic rings. The standard InChI is InChI=1S/C18H16ClN3O2/c19-14-6-4-5-13(11-14)9-10-20-18(24)17-16(23)12-22(21-17)15-7-2-1-3-8-15/h1-8,11-12,23H,9-10H2,(H,20,24). The van der Waals surface area contributed by atoms with Crippen LogP contribution in [-0.2, 0) is 6.42 Å². The van der Waals surface area contributed by atoms with E-state index in [0.29, 0.717) is 18.0 Å². The molecule has 1 aromatic heterocycles. The molecule has 3 rings (SSSR count). The maximum Gasteiger partial charge on any atom is 0.275 e. The Kier molecular flexibility index (Phi) is 4.82. The Morgan fingerprint density at radius 2 is 1.96 bits per heavy atom. The first-order chi connectivity index (χ1) is 11.6. The van der Waals surface area contributed by atoms with Gasteiger partial charge in [-0.25, -0.2) is 4.68 Å². The number of amides is 1. The van der Waals surface area contributed by atoms with Crippen molar-refractivity contribution >= 4 is 17.5 Å². The topological polar surface area (TPSA) is 67.2 Å². The minimum atomic E-state index is -0.413. The van der Waals surface area contributed by atoms with Gasteiger partial charge in [0.05, 0.1) is 11.9 Å². The summed E-state index contributed by atoms with van der Waals surface area (Å²) in [6.07, 6.45) is 2.06. The Morgan fingerprint density at radius 3 is 2.71 bits per heavy atom. The predicted molar refractivity (Wildman–Crippen MR) is 92.7 cm³/mol. The van der Waals surface area contributed by atoms with Gasteiger partial charge in [-0.05, 0) is 36.2 Å². The summed E-state index contributed by atoms with van der Waals surface area (Å²) in [5.74, 6) is -0.566. The van der Waals surface area contributed by atoms with Crippen LogP contribution >= 0.6 is 11.6 Å². The first kappa shape index (κ1) is 16.1. The van der Waals surface area contributed by atoms with Crippen LogP contribution in [0.25, 0.3) is 5.69 Å². The maximum atomic E-state index is 12.2. The van der Waals surface area contributed by atoms with Crippen LogP contribution in [0.5, 0.6) is 5.75 Å². The third-order valence-corrected chi connectivity index (χ3v) is 3.75. The van der Waals surface area contributed by atoms with Gasteiger partial charge in [0.15, 0.2) is 11.4 Å². The smallest absolute Gasteiger partial charge is 0.275 e. The lowest BCUT2D eigenvalue weighted by atomic mass is 10.1. The Labute approximate surface area is 144 Å². The molecule has 0 radical (unpaired) electrons. The second kappa shape index (κ2) is 7.19. The molecule has 0 aliphatic heterocycles. The van der Waals surface area contributed by atoms with E-state index in [1.807, 2.05) is 48.5 Å². The minimum Gasteiger partial charge on any atom is -0.504 e. The second-order valence-corrected chi connectivity index (χ2v) is 5.72. The second-order valence-electron chi connectivity index (χ2n) is 5.28. The number of rotatable bonds is 5. The van der Waals surface area contributed by atoms with Gasteiger partial charge in [0.25, 0.3) is 5.91 Å². The van der Waals surface area contributed by atoms with Crippen LogP contribution < -0.4 is 5.32 Å². The van der Waals surface area contributed by atoms with Crippen molar-refractivity contribution in [1.82, 2.24) is 15.1 Å². The number of benzene rings is 2. The number of para-hydroxylation sites is 1. The number of hydrogen-bond acceptors (Lipinski definition) is 3. The fraction of sp³-hybridized carbons (Fsp3) is 0.111. The first-order valence-corrected chi connectivity index (χ1v) is 7.88. The number of hydrogen-bond donors (Lipinski definition) is 2. The van der Waals surface area contributed by atoms with Crippen molar-refractivity contribution < 1.29 is 9.90 Å². The Morgan fingerprint density at radius 1 is 1.17 bits per heavy atom. The fourth-order valence-electron chi connectivity index (χ4n) is 2.34. The largest absolute Gasteiger partial charge is 0.504 e. The summed E-state index contributed by atoms with van der Waals surface area (Å²) >= 11 is 5.93. The molecule has 0 unspecified atom stereocenters. The average molecular weight is 342 g/mol. The van der Waals surface area contributed by atoms with Crippen molar-refractivity contribution in [3.05, 3.63) is 77.1 Å². The van der Waals surface area contributed by atoms with Gasteiger partial charge in [0.2, 0.25) is 0 Å². The van der Waals surface area contributed by atoms with E-state index in [-0.39, 0.29) is 11.4 Å². The van der Waals surface area contributed by atoms with E-state index in [1.165, 1.54) is 10.9 Å². The highest BCUT2D eigenvalue weighted by atomic mass is 35.5. The van der Waals surface area contributed by atoms with Gasteiger partial charge in [-0.2, -0.15) is 5.10 Å². The minimum absolute atomic E-state index is 0.00458. The summed E-state index contributed by atoms with van der Waals surface area (Å²) in [4.78, 5) is 12.2. The number of nitrogens with one attached hydrogen (secondary N) is 1. The number of carbonyl (C=O) groups excluding carboxylic acids is 1. The van der Waals surface area contributed by atoms with E-state index in [0.717, 1.165) is 11.3 Å². The molecule has 122 valence electrons. The monoisotopic (exact) mass is 341 g/mol. The van der Waals surface area contributed by atoms with Crippen LogP contribution in [0, 0.1) is 0 Å². The van der Waals surface area contributed by atoms with Crippen LogP contribution in [0.4, 0.5) is 0 Å². The number of carbonyl (C=O) groups is 1. The van der Waals surface area contributed by atoms with E-state index in [2.05, 4.69) is 10.4 Å². The molecule has 0 saturated heterocycles. The third-order valence-electron chi connectivity index (χ3n) is 3.52. The van der Waals surface area contributed by atoms with Crippen molar-refractivity contribution in [2.24, 2.45) is 0 Å². The quantitative estimate of drug-likeness (QED) is 0.749. The summed E-state index contributed by atoms with van der Waals surface area (Å²) in [5, 5.41) is 17.5. The van der Waals surface area contributed by atoms with Crippen molar-refractivity contribution in [1.29, 1.82) is 0 Å². The number of nitrogens with zero attached hydrogens (tertiary/aromatic N) is 2.